The minimum Gasteiger partial charge on any atom is -0.321 e. The van der Waals surface area contributed by atoms with Gasteiger partial charge in [-0.2, -0.15) is 0 Å². The molecule has 2 aromatic heterocycles. The zero-order chi connectivity index (χ0) is 19.7. The van der Waals surface area contributed by atoms with Crippen molar-refractivity contribution in [1.29, 1.82) is 0 Å². The van der Waals surface area contributed by atoms with Crippen molar-refractivity contribution in [1.82, 2.24) is 25.2 Å². The maximum atomic E-state index is 12.7. The van der Waals surface area contributed by atoms with Gasteiger partial charge in [0.15, 0.2) is 5.82 Å². The fourth-order valence-corrected chi connectivity index (χ4v) is 3.43. The molecule has 142 valence electrons. The van der Waals surface area contributed by atoms with Gasteiger partial charge in [-0.3, -0.25) is 4.79 Å². The van der Waals surface area contributed by atoms with Gasteiger partial charge in [0, 0.05) is 17.5 Å². The maximum absolute atomic E-state index is 12.7. The average Bonchev–Trinajstić information content (AvgIpc) is 3.18. The van der Waals surface area contributed by atoms with Crippen molar-refractivity contribution in [2.45, 2.75) is 32.9 Å². The predicted molar refractivity (Wildman–Crippen MR) is 108 cm³/mol. The van der Waals surface area contributed by atoms with Crippen molar-refractivity contribution in [3.05, 3.63) is 87.0 Å². The number of hydrogen-bond donors (Lipinski definition) is 2. The fourth-order valence-electron chi connectivity index (χ4n) is 3.43. The number of aryl methyl sites for hydroxylation is 4. The van der Waals surface area contributed by atoms with Crippen LogP contribution in [0, 0.1) is 13.8 Å². The van der Waals surface area contributed by atoms with E-state index in [1.54, 1.807) is 4.68 Å². The summed E-state index contributed by atoms with van der Waals surface area (Å²) >= 11 is 0. The molecule has 0 fully saturated rings. The lowest BCUT2D eigenvalue weighted by atomic mass is 10.0. The van der Waals surface area contributed by atoms with E-state index in [9.17, 15) is 4.79 Å². The minimum absolute atomic E-state index is 0.216. The van der Waals surface area contributed by atoms with Crippen LogP contribution >= 0.6 is 0 Å². The molecule has 1 atom stereocenters. The lowest BCUT2D eigenvalue weighted by Gasteiger charge is -2.14. The molecule has 0 aliphatic carbocycles. The molecule has 0 saturated carbocycles. The number of aromatic nitrogens is 5. The molecule has 0 aliphatic rings. The first-order chi connectivity index (χ1) is 13.5. The molecular formula is C21H22N6O. The Balaban J connectivity index is 1.68. The number of nitrogens with two attached hydrogens (primary N) is 1. The highest BCUT2D eigenvalue weighted by Gasteiger charge is 2.21. The van der Waals surface area contributed by atoms with E-state index in [0.717, 1.165) is 28.5 Å². The molecule has 0 amide bonds. The van der Waals surface area contributed by atoms with Crippen molar-refractivity contribution in [2.24, 2.45) is 5.73 Å². The highest BCUT2D eigenvalue weighted by molar-refractivity contribution is 5.85. The molecule has 4 aromatic rings. The van der Waals surface area contributed by atoms with E-state index in [4.69, 9.17) is 5.73 Å². The first-order valence-electron chi connectivity index (χ1n) is 9.23. The molecule has 28 heavy (non-hydrogen) atoms. The molecule has 2 heterocycles. The summed E-state index contributed by atoms with van der Waals surface area (Å²) in [4.78, 5) is 15.7. The lowest BCUT2D eigenvalue weighted by Crippen LogP contribution is -2.26. The van der Waals surface area contributed by atoms with Gasteiger partial charge in [-0.1, -0.05) is 42.5 Å². The molecule has 2 aromatic carbocycles. The summed E-state index contributed by atoms with van der Waals surface area (Å²) < 4.78 is 1.67. The third-order valence-electron chi connectivity index (χ3n) is 5.10. The Labute approximate surface area is 162 Å². The number of nitrogens with one attached hydrogen (secondary N) is 1. The summed E-state index contributed by atoms with van der Waals surface area (Å²) in [6.45, 7) is 4.57. The second-order valence-corrected chi connectivity index (χ2v) is 7.02. The number of benzene rings is 2. The first kappa shape index (κ1) is 18.1. The molecule has 0 saturated heterocycles. The van der Waals surface area contributed by atoms with E-state index >= 15 is 0 Å². The highest BCUT2D eigenvalue weighted by atomic mass is 16.1. The SMILES string of the molecule is Cc1ccc(C)c2[nH]c(=O)c(C(N)c3nnnn3CCc3ccccc3)cc12. The van der Waals surface area contributed by atoms with Gasteiger partial charge in [0.2, 0.25) is 0 Å². The summed E-state index contributed by atoms with van der Waals surface area (Å²) in [6, 6.07) is 15.3. The van der Waals surface area contributed by atoms with E-state index in [1.165, 1.54) is 5.56 Å². The van der Waals surface area contributed by atoms with Gasteiger partial charge in [0.05, 0.1) is 11.6 Å². The van der Waals surface area contributed by atoms with Gasteiger partial charge in [0.25, 0.3) is 5.56 Å². The van der Waals surface area contributed by atoms with Crippen molar-refractivity contribution in [3.8, 4) is 0 Å². The number of H-pyrrole nitrogens is 1. The maximum Gasteiger partial charge on any atom is 0.253 e. The van der Waals surface area contributed by atoms with Crippen LogP contribution in [-0.2, 0) is 13.0 Å². The zero-order valence-electron chi connectivity index (χ0n) is 15.9. The van der Waals surface area contributed by atoms with E-state index < -0.39 is 6.04 Å². The third-order valence-corrected chi connectivity index (χ3v) is 5.10. The van der Waals surface area contributed by atoms with Crippen LogP contribution in [0.1, 0.15) is 34.1 Å². The Kier molecular flexibility index (Phi) is 4.75. The van der Waals surface area contributed by atoms with Crippen LogP contribution in [0.5, 0.6) is 0 Å². The molecule has 7 heteroatoms. The Hall–Kier alpha value is -3.32. The molecule has 1 unspecified atom stereocenters. The fraction of sp³-hybridized carbons (Fsp3) is 0.238. The molecule has 3 N–H and O–H groups in total. The smallest absolute Gasteiger partial charge is 0.253 e. The van der Waals surface area contributed by atoms with E-state index in [2.05, 4.69) is 32.6 Å². The molecular weight excluding hydrogens is 352 g/mol. The van der Waals surface area contributed by atoms with Crippen LogP contribution in [0.25, 0.3) is 10.9 Å². The number of tetrazole rings is 1. The van der Waals surface area contributed by atoms with E-state index in [-0.39, 0.29) is 5.56 Å². The normalized spacial score (nSPS) is 12.4. The Morgan fingerprint density at radius 3 is 2.64 bits per heavy atom. The third kappa shape index (κ3) is 3.32. The Morgan fingerprint density at radius 2 is 1.86 bits per heavy atom. The van der Waals surface area contributed by atoms with Gasteiger partial charge in [-0.25, -0.2) is 4.68 Å². The van der Waals surface area contributed by atoms with Crippen LogP contribution in [0.3, 0.4) is 0 Å². The van der Waals surface area contributed by atoms with Crippen LogP contribution in [0.4, 0.5) is 0 Å². The Morgan fingerprint density at radius 1 is 1.11 bits per heavy atom. The number of pyridine rings is 1. The summed E-state index contributed by atoms with van der Waals surface area (Å²) in [6.07, 6.45) is 0.776. The number of nitrogens with zero attached hydrogens (tertiary/aromatic N) is 4. The summed E-state index contributed by atoms with van der Waals surface area (Å²) in [5.74, 6) is 0.478. The van der Waals surface area contributed by atoms with Crippen molar-refractivity contribution in [3.63, 3.8) is 0 Å². The van der Waals surface area contributed by atoms with Gasteiger partial charge in [0.1, 0.15) is 0 Å². The van der Waals surface area contributed by atoms with E-state index in [1.807, 2.05) is 50.2 Å². The first-order valence-corrected chi connectivity index (χ1v) is 9.23. The summed E-state index contributed by atoms with van der Waals surface area (Å²) in [5.41, 5.74) is 10.8. The molecule has 0 aliphatic heterocycles. The van der Waals surface area contributed by atoms with Crippen LogP contribution in [0.2, 0.25) is 0 Å². The van der Waals surface area contributed by atoms with Gasteiger partial charge in [-0.05, 0) is 53.5 Å². The van der Waals surface area contributed by atoms with Gasteiger partial charge < -0.3 is 10.7 Å². The number of rotatable bonds is 5. The van der Waals surface area contributed by atoms with Crippen molar-refractivity contribution < 1.29 is 0 Å². The summed E-state index contributed by atoms with van der Waals surface area (Å²) in [7, 11) is 0. The molecule has 0 radical (unpaired) electrons. The second-order valence-electron chi connectivity index (χ2n) is 7.02. The monoisotopic (exact) mass is 374 g/mol. The van der Waals surface area contributed by atoms with Gasteiger partial charge >= 0.3 is 0 Å². The number of aromatic amines is 1. The molecule has 0 spiro atoms. The number of fused-ring (bicyclic) bond motifs is 1. The van der Waals surface area contributed by atoms with Crippen molar-refractivity contribution in [2.75, 3.05) is 0 Å². The largest absolute Gasteiger partial charge is 0.321 e. The van der Waals surface area contributed by atoms with Gasteiger partial charge in [-0.15, -0.1) is 5.10 Å². The van der Waals surface area contributed by atoms with E-state index in [0.29, 0.717) is 17.9 Å². The van der Waals surface area contributed by atoms with Crippen LogP contribution < -0.4 is 11.3 Å². The van der Waals surface area contributed by atoms with Crippen molar-refractivity contribution >= 4 is 10.9 Å². The minimum atomic E-state index is -0.709. The standard InChI is InChI=1S/C21H22N6O/c1-13-8-9-14(2)19-16(13)12-17(21(28)23-19)18(22)20-24-25-26-27(20)11-10-15-6-4-3-5-7-15/h3-9,12,18H,10-11,22H2,1-2H3,(H,23,28). The quantitative estimate of drug-likeness (QED) is 0.558. The van der Waals surface area contributed by atoms with Crippen LogP contribution in [0.15, 0.2) is 53.3 Å². The molecule has 0 bridgehead atoms. The summed E-state index contributed by atoms with van der Waals surface area (Å²) in [5, 5.41) is 12.9. The molecule has 4 rings (SSSR count). The predicted octanol–water partition coefficient (Wildman–Crippen LogP) is 2.42. The molecule has 7 nitrogen and oxygen atoms in total. The lowest BCUT2D eigenvalue weighted by molar-refractivity contribution is 0.549. The highest BCUT2D eigenvalue weighted by Crippen LogP contribution is 2.23. The topological polar surface area (TPSA) is 102 Å². The Bertz CT molecular complexity index is 1180. The number of hydrogen-bond acceptors (Lipinski definition) is 5. The average molecular weight is 374 g/mol. The van der Waals surface area contributed by atoms with Crippen LogP contribution in [-0.4, -0.2) is 25.2 Å². The second kappa shape index (κ2) is 7.36. The zero-order valence-corrected chi connectivity index (χ0v) is 15.9.